The van der Waals surface area contributed by atoms with Crippen LogP contribution in [0.2, 0.25) is 0 Å². The molecular weight excluding hydrogens is 278 g/mol. The van der Waals surface area contributed by atoms with Crippen LogP contribution in [0.15, 0.2) is 30.3 Å². The summed E-state index contributed by atoms with van der Waals surface area (Å²) in [5.74, 6) is -0.456. The lowest BCUT2D eigenvalue weighted by Gasteiger charge is -2.39. The van der Waals surface area contributed by atoms with Crippen molar-refractivity contribution in [1.29, 1.82) is 0 Å². The lowest BCUT2D eigenvalue weighted by Crippen LogP contribution is -2.51. The zero-order valence-electron chi connectivity index (χ0n) is 13.4. The monoisotopic (exact) mass is 303 g/mol. The van der Waals surface area contributed by atoms with Gasteiger partial charge < -0.3 is 14.2 Å². The molecule has 4 heteroatoms. The summed E-state index contributed by atoms with van der Waals surface area (Å²) < 4.78 is 18.5. The lowest BCUT2D eigenvalue weighted by molar-refractivity contribution is -0.174. The Morgan fingerprint density at radius 1 is 1.23 bits per heavy atom. The maximum absolute atomic E-state index is 6.28. The molecule has 0 radical (unpaired) electrons. The van der Waals surface area contributed by atoms with E-state index in [-0.39, 0.29) is 18.3 Å². The van der Waals surface area contributed by atoms with Crippen LogP contribution in [-0.2, 0) is 20.8 Å². The first-order valence-electron chi connectivity index (χ1n) is 8.38. The van der Waals surface area contributed by atoms with Crippen molar-refractivity contribution in [1.82, 2.24) is 4.90 Å². The van der Waals surface area contributed by atoms with Gasteiger partial charge in [-0.3, -0.25) is 4.90 Å². The van der Waals surface area contributed by atoms with Gasteiger partial charge in [-0.2, -0.15) is 0 Å². The van der Waals surface area contributed by atoms with Crippen LogP contribution in [0.5, 0.6) is 0 Å². The van der Waals surface area contributed by atoms with Gasteiger partial charge in [-0.25, -0.2) is 0 Å². The van der Waals surface area contributed by atoms with Crippen LogP contribution in [0.1, 0.15) is 32.3 Å². The first kappa shape index (κ1) is 14.6. The Morgan fingerprint density at radius 2 is 2.05 bits per heavy atom. The summed E-state index contributed by atoms with van der Waals surface area (Å²) in [7, 11) is 0. The predicted octanol–water partition coefficient (Wildman–Crippen LogP) is 2.57. The van der Waals surface area contributed by atoms with E-state index in [2.05, 4.69) is 29.2 Å². The highest BCUT2D eigenvalue weighted by atomic mass is 16.8. The fourth-order valence-electron chi connectivity index (χ4n) is 4.17. The molecule has 0 spiro atoms. The molecule has 1 aromatic carbocycles. The molecule has 3 aliphatic rings. The highest BCUT2D eigenvalue weighted by molar-refractivity contribution is 5.13. The van der Waals surface area contributed by atoms with Gasteiger partial charge in [0.25, 0.3) is 0 Å². The highest BCUT2D eigenvalue weighted by Crippen LogP contribution is 2.41. The maximum Gasteiger partial charge on any atom is 0.163 e. The van der Waals surface area contributed by atoms with Crippen LogP contribution in [0.25, 0.3) is 0 Å². The quantitative estimate of drug-likeness (QED) is 0.859. The summed E-state index contributed by atoms with van der Waals surface area (Å²) in [6.07, 6.45) is 2.89. The molecule has 0 aromatic heterocycles. The predicted molar refractivity (Wildman–Crippen MR) is 83.4 cm³/mol. The average molecular weight is 303 g/mol. The summed E-state index contributed by atoms with van der Waals surface area (Å²) in [4.78, 5) is 2.50. The SMILES string of the molecule is CC1(C)O[C@H]2[C@H]3[C@H](OCc4ccccc4)CCCN3C[C@H]2O1. The van der Waals surface area contributed by atoms with Crippen molar-refractivity contribution in [3.8, 4) is 0 Å². The van der Waals surface area contributed by atoms with Gasteiger partial charge in [0, 0.05) is 6.54 Å². The van der Waals surface area contributed by atoms with Crippen molar-refractivity contribution < 1.29 is 14.2 Å². The second-order valence-electron chi connectivity index (χ2n) is 7.10. The third-order valence-corrected chi connectivity index (χ3v) is 5.02. The van der Waals surface area contributed by atoms with Crippen LogP contribution in [0.3, 0.4) is 0 Å². The van der Waals surface area contributed by atoms with E-state index in [1.807, 2.05) is 19.9 Å². The molecule has 4 nitrogen and oxygen atoms in total. The van der Waals surface area contributed by atoms with Crippen molar-refractivity contribution in [3.63, 3.8) is 0 Å². The minimum Gasteiger partial charge on any atom is -0.372 e. The second kappa shape index (κ2) is 5.60. The molecule has 3 fully saturated rings. The standard InChI is InChI=1S/C18H25NO3/c1-18(2)21-15-11-19-10-6-9-14(16(19)17(15)22-18)20-12-13-7-4-3-5-8-13/h3-5,7-8,14-17H,6,9-12H2,1-2H3/t14-,15-,16-,17-/m1/s1. The minimum atomic E-state index is -0.456. The zero-order valence-corrected chi connectivity index (χ0v) is 13.4. The molecule has 3 saturated heterocycles. The largest absolute Gasteiger partial charge is 0.372 e. The van der Waals surface area contributed by atoms with Gasteiger partial charge >= 0.3 is 0 Å². The second-order valence-corrected chi connectivity index (χ2v) is 7.10. The van der Waals surface area contributed by atoms with Gasteiger partial charge in [0.15, 0.2) is 5.79 Å². The molecule has 0 bridgehead atoms. The number of piperidine rings is 1. The summed E-state index contributed by atoms with van der Waals surface area (Å²) >= 11 is 0. The molecule has 1 aromatic rings. The number of hydrogen-bond donors (Lipinski definition) is 0. The summed E-state index contributed by atoms with van der Waals surface area (Å²) in [5, 5.41) is 0. The van der Waals surface area contributed by atoms with Gasteiger partial charge in [-0.1, -0.05) is 30.3 Å². The topological polar surface area (TPSA) is 30.9 Å². The van der Waals surface area contributed by atoms with E-state index in [9.17, 15) is 0 Å². The number of nitrogens with zero attached hydrogens (tertiary/aromatic N) is 1. The maximum atomic E-state index is 6.28. The van der Waals surface area contributed by atoms with Crippen molar-refractivity contribution in [2.75, 3.05) is 13.1 Å². The molecule has 120 valence electrons. The number of fused-ring (bicyclic) bond motifs is 3. The Kier molecular flexibility index (Phi) is 3.73. The molecule has 0 amide bonds. The van der Waals surface area contributed by atoms with Crippen LogP contribution < -0.4 is 0 Å². The Hall–Kier alpha value is -0.940. The molecule has 0 N–H and O–H groups in total. The summed E-state index contributed by atoms with van der Waals surface area (Å²) in [6, 6.07) is 10.7. The van der Waals surface area contributed by atoms with Gasteiger partial charge in [0.1, 0.15) is 12.2 Å². The fraction of sp³-hybridized carbons (Fsp3) is 0.667. The van der Waals surface area contributed by atoms with E-state index >= 15 is 0 Å². The normalized spacial score (nSPS) is 37.0. The van der Waals surface area contributed by atoms with E-state index in [4.69, 9.17) is 14.2 Å². The van der Waals surface area contributed by atoms with E-state index in [0.29, 0.717) is 12.6 Å². The first-order chi connectivity index (χ1) is 10.6. The van der Waals surface area contributed by atoms with Gasteiger partial charge in [-0.15, -0.1) is 0 Å². The zero-order chi connectivity index (χ0) is 15.2. The third kappa shape index (κ3) is 2.69. The smallest absolute Gasteiger partial charge is 0.163 e. The molecule has 0 unspecified atom stereocenters. The van der Waals surface area contributed by atoms with E-state index < -0.39 is 5.79 Å². The lowest BCUT2D eigenvalue weighted by atomic mass is 9.96. The Labute approximate surface area is 132 Å². The van der Waals surface area contributed by atoms with Crippen molar-refractivity contribution in [3.05, 3.63) is 35.9 Å². The van der Waals surface area contributed by atoms with Crippen molar-refractivity contribution in [2.45, 2.75) is 63.4 Å². The van der Waals surface area contributed by atoms with Crippen LogP contribution in [-0.4, -0.2) is 48.1 Å². The number of ether oxygens (including phenoxy) is 3. The Balaban J connectivity index is 1.46. The molecule has 0 saturated carbocycles. The van der Waals surface area contributed by atoms with Crippen LogP contribution in [0, 0.1) is 0 Å². The van der Waals surface area contributed by atoms with Crippen molar-refractivity contribution >= 4 is 0 Å². The minimum absolute atomic E-state index is 0.149. The summed E-state index contributed by atoms with van der Waals surface area (Å²) in [6.45, 7) is 6.81. The molecule has 4 rings (SSSR count). The fourth-order valence-corrected chi connectivity index (χ4v) is 4.17. The van der Waals surface area contributed by atoms with Gasteiger partial charge in [-0.05, 0) is 38.8 Å². The van der Waals surface area contributed by atoms with Gasteiger partial charge in [0.05, 0.1) is 18.8 Å². The number of rotatable bonds is 3. The number of benzene rings is 1. The molecule has 22 heavy (non-hydrogen) atoms. The van der Waals surface area contributed by atoms with Crippen LogP contribution in [0.4, 0.5) is 0 Å². The molecule has 3 aliphatic heterocycles. The van der Waals surface area contributed by atoms with E-state index in [0.717, 1.165) is 19.5 Å². The van der Waals surface area contributed by atoms with E-state index in [1.165, 1.54) is 12.0 Å². The Morgan fingerprint density at radius 3 is 2.86 bits per heavy atom. The molecular formula is C18H25NO3. The summed E-state index contributed by atoms with van der Waals surface area (Å²) in [5.41, 5.74) is 1.23. The average Bonchev–Trinajstić information content (AvgIpc) is 2.97. The number of hydrogen-bond acceptors (Lipinski definition) is 4. The third-order valence-electron chi connectivity index (χ3n) is 5.02. The first-order valence-corrected chi connectivity index (χ1v) is 8.38. The molecule has 4 atom stereocenters. The van der Waals surface area contributed by atoms with E-state index in [1.54, 1.807) is 0 Å². The Bertz CT molecular complexity index is 518. The molecule has 0 aliphatic carbocycles. The molecule has 3 heterocycles. The van der Waals surface area contributed by atoms with Gasteiger partial charge in [0.2, 0.25) is 0 Å². The highest BCUT2D eigenvalue weighted by Gasteiger charge is 2.55. The van der Waals surface area contributed by atoms with Crippen molar-refractivity contribution in [2.24, 2.45) is 0 Å². The van der Waals surface area contributed by atoms with Crippen LogP contribution >= 0.6 is 0 Å².